The van der Waals surface area contributed by atoms with E-state index in [1.54, 1.807) is 0 Å². The fourth-order valence-corrected chi connectivity index (χ4v) is 2.27. The number of benzene rings is 1. The van der Waals surface area contributed by atoms with Crippen LogP contribution in [0.4, 0.5) is 0 Å². The largest absolute Gasteiger partial charge is 0.454 e. The SMILES string of the molecule is CC1(c2ccc3c(c2)OCO3)CNCCN1. The average Bonchev–Trinajstić information content (AvgIpc) is 2.77. The van der Waals surface area contributed by atoms with Crippen LogP contribution >= 0.6 is 0 Å². The summed E-state index contributed by atoms with van der Waals surface area (Å²) in [4.78, 5) is 0. The summed E-state index contributed by atoms with van der Waals surface area (Å²) in [5.41, 5.74) is 1.23. The lowest BCUT2D eigenvalue weighted by atomic mass is 9.90. The second-order valence-electron chi connectivity index (χ2n) is 4.50. The van der Waals surface area contributed by atoms with Crippen molar-refractivity contribution in [2.24, 2.45) is 0 Å². The second-order valence-corrected chi connectivity index (χ2v) is 4.50. The van der Waals surface area contributed by atoms with Crippen molar-refractivity contribution in [3.05, 3.63) is 23.8 Å². The van der Waals surface area contributed by atoms with Crippen molar-refractivity contribution >= 4 is 0 Å². The normalized spacial score (nSPS) is 28.1. The van der Waals surface area contributed by atoms with Gasteiger partial charge < -0.3 is 20.1 Å². The smallest absolute Gasteiger partial charge is 0.231 e. The van der Waals surface area contributed by atoms with E-state index in [4.69, 9.17) is 9.47 Å². The van der Waals surface area contributed by atoms with E-state index in [2.05, 4.69) is 29.7 Å². The number of rotatable bonds is 1. The van der Waals surface area contributed by atoms with Gasteiger partial charge >= 0.3 is 0 Å². The van der Waals surface area contributed by atoms with Gasteiger partial charge in [0.25, 0.3) is 0 Å². The Labute approximate surface area is 94.9 Å². The summed E-state index contributed by atoms with van der Waals surface area (Å²) in [6.45, 7) is 5.50. The van der Waals surface area contributed by atoms with E-state index < -0.39 is 0 Å². The van der Waals surface area contributed by atoms with Gasteiger partial charge in [-0.25, -0.2) is 0 Å². The molecule has 0 radical (unpaired) electrons. The predicted molar refractivity (Wildman–Crippen MR) is 60.8 cm³/mol. The maximum Gasteiger partial charge on any atom is 0.231 e. The maximum absolute atomic E-state index is 5.40. The standard InChI is InChI=1S/C12H16N2O2/c1-12(7-13-4-5-14-12)9-2-3-10-11(6-9)16-8-15-10/h2-3,6,13-14H,4-5,7-8H2,1H3. The third-order valence-corrected chi connectivity index (χ3v) is 3.31. The van der Waals surface area contributed by atoms with E-state index in [9.17, 15) is 0 Å². The molecule has 0 aliphatic carbocycles. The van der Waals surface area contributed by atoms with Gasteiger partial charge in [0.05, 0.1) is 5.54 Å². The minimum atomic E-state index is -0.0147. The molecule has 2 heterocycles. The van der Waals surface area contributed by atoms with E-state index in [1.807, 2.05) is 6.07 Å². The molecular weight excluding hydrogens is 204 g/mol. The Bertz CT molecular complexity index is 400. The molecule has 2 N–H and O–H groups in total. The molecule has 0 spiro atoms. The maximum atomic E-state index is 5.40. The summed E-state index contributed by atoms with van der Waals surface area (Å²) in [7, 11) is 0. The fourth-order valence-electron chi connectivity index (χ4n) is 2.27. The highest BCUT2D eigenvalue weighted by Gasteiger charge is 2.29. The molecule has 2 aliphatic rings. The molecule has 4 nitrogen and oxygen atoms in total. The lowest BCUT2D eigenvalue weighted by Crippen LogP contribution is -2.54. The minimum Gasteiger partial charge on any atom is -0.454 e. The molecule has 2 aliphatic heterocycles. The van der Waals surface area contributed by atoms with Crippen LogP contribution in [0.1, 0.15) is 12.5 Å². The van der Waals surface area contributed by atoms with Crippen LogP contribution in [-0.2, 0) is 5.54 Å². The molecule has 1 atom stereocenters. The van der Waals surface area contributed by atoms with Crippen LogP contribution in [0.5, 0.6) is 11.5 Å². The van der Waals surface area contributed by atoms with Crippen LogP contribution in [-0.4, -0.2) is 26.4 Å². The van der Waals surface area contributed by atoms with Gasteiger partial charge in [-0.05, 0) is 24.6 Å². The monoisotopic (exact) mass is 220 g/mol. The summed E-state index contributed by atoms with van der Waals surface area (Å²) in [6, 6.07) is 6.16. The summed E-state index contributed by atoms with van der Waals surface area (Å²) in [5, 5.41) is 6.95. The number of ether oxygens (including phenoxy) is 2. The fraction of sp³-hybridized carbons (Fsp3) is 0.500. The average molecular weight is 220 g/mol. The van der Waals surface area contributed by atoms with Crippen LogP contribution in [0.25, 0.3) is 0 Å². The van der Waals surface area contributed by atoms with E-state index in [0.717, 1.165) is 31.1 Å². The van der Waals surface area contributed by atoms with Crippen LogP contribution in [0.15, 0.2) is 18.2 Å². The van der Waals surface area contributed by atoms with E-state index in [0.29, 0.717) is 6.79 Å². The van der Waals surface area contributed by atoms with Gasteiger partial charge in [0, 0.05) is 19.6 Å². The number of nitrogens with one attached hydrogen (secondary N) is 2. The first-order valence-corrected chi connectivity index (χ1v) is 5.64. The molecule has 0 bridgehead atoms. The van der Waals surface area contributed by atoms with Crippen molar-refractivity contribution in [3.8, 4) is 11.5 Å². The summed E-state index contributed by atoms with van der Waals surface area (Å²) in [5.74, 6) is 1.70. The molecular formula is C12H16N2O2. The Hall–Kier alpha value is -1.26. The van der Waals surface area contributed by atoms with E-state index >= 15 is 0 Å². The Morgan fingerprint density at radius 1 is 1.19 bits per heavy atom. The van der Waals surface area contributed by atoms with Gasteiger partial charge in [0.2, 0.25) is 6.79 Å². The van der Waals surface area contributed by atoms with Crippen molar-refractivity contribution in [3.63, 3.8) is 0 Å². The van der Waals surface area contributed by atoms with Gasteiger partial charge in [-0.1, -0.05) is 6.07 Å². The zero-order valence-corrected chi connectivity index (χ0v) is 9.38. The van der Waals surface area contributed by atoms with Crippen LogP contribution < -0.4 is 20.1 Å². The highest BCUT2D eigenvalue weighted by molar-refractivity contribution is 5.46. The summed E-state index contributed by atoms with van der Waals surface area (Å²) < 4.78 is 10.7. The van der Waals surface area contributed by atoms with Gasteiger partial charge in [-0.3, -0.25) is 0 Å². The third kappa shape index (κ3) is 1.54. The van der Waals surface area contributed by atoms with E-state index in [-0.39, 0.29) is 5.54 Å². The summed E-state index contributed by atoms with van der Waals surface area (Å²) in [6.07, 6.45) is 0. The molecule has 16 heavy (non-hydrogen) atoms. The Morgan fingerprint density at radius 2 is 2.06 bits per heavy atom. The predicted octanol–water partition coefficient (Wildman–Crippen LogP) is 0.823. The Kier molecular flexibility index (Phi) is 2.26. The first-order valence-electron chi connectivity index (χ1n) is 5.64. The molecule has 0 amide bonds. The van der Waals surface area contributed by atoms with E-state index in [1.165, 1.54) is 5.56 Å². The first-order chi connectivity index (χ1) is 7.78. The summed E-state index contributed by atoms with van der Waals surface area (Å²) >= 11 is 0. The number of piperazine rings is 1. The molecule has 0 saturated carbocycles. The quantitative estimate of drug-likeness (QED) is 0.735. The van der Waals surface area contributed by atoms with Crippen molar-refractivity contribution in [1.82, 2.24) is 10.6 Å². The molecule has 1 fully saturated rings. The highest BCUT2D eigenvalue weighted by Crippen LogP contribution is 2.35. The Balaban J connectivity index is 1.93. The zero-order valence-electron chi connectivity index (χ0n) is 9.38. The van der Waals surface area contributed by atoms with Crippen molar-refractivity contribution < 1.29 is 9.47 Å². The zero-order chi connectivity index (χ0) is 11.0. The van der Waals surface area contributed by atoms with Gasteiger partial charge in [-0.2, -0.15) is 0 Å². The van der Waals surface area contributed by atoms with Crippen LogP contribution in [0, 0.1) is 0 Å². The lowest BCUT2D eigenvalue weighted by Gasteiger charge is -2.36. The van der Waals surface area contributed by atoms with Crippen LogP contribution in [0.3, 0.4) is 0 Å². The first kappa shape index (κ1) is 9.93. The van der Waals surface area contributed by atoms with Crippen molar-refractivity contribution in [2.75, 3.05) is 26.4 Å². The van der Waals surface area contributed by atoms with Crippen molar-refractivity contribution in [2.45, 2.75) is 12.5 Å². The highest BCUT2D eigenvalue weighted by atomic mass is 16.7. The molecule has 0 aromatic heterocycles. The van der Waals surface area contributed by atoms with Crippen molar-refractivity contribution in [1.29, 1.82) is 0 Å². The number of fused-ring (bicyclic) bond motifs is 1. The van der Waals surface area contributed by atoms with Gasteiger partial charge in [0.1, 0.15) is 0 Å². The molecule has 86 valence electrons. The molecule has 1 aromatic carbocycles. The topological polar surface area (TPSA) is 42.5 Å². The third-order valence-electron chi connectivity index (χ3n) is 3.31. The number of hydrogen-bond acceptors (Lipinski definition) is 4. The van der Waals surface area contributed by atoms with Crippen LogP contribution in [0.2, 0.25) is 0 Å². The molecule has 3 rings (SSSR count). The van der Waals surface area contributed by atoms with Gasteiger partial charge in [0.15, 0.2) is 11.5 Å². The molecule has 1 aromatic rings. The van der Waals surface area contributed by atoms with Gasteiger partial charge in [-0.15, -0.1) is 0 Å². The minimum absolute atomic E-state index is 0.0147. The lowest BCUT2D eigenvalue weighted by molar-refractivity contribution is 0.174. The molecule has 1 unspecified atom stereocenters. The number of hydrogen-bond donors (Lipinski definition) is 2. The molecule has 1 saturated heterocycles. The molecule has 4 heteroatoms. The second kappa shape index (κ2) is 3.64. The Morgan fingerprint density at radius 3 is 2.88 bits per heavy atom.